The van der Waals surface area contributed by atoms with Crippen molar-refractivity contribution in [1.29, 1.82) is 0 Å². The molecule has 0 radical (unpaired) electrons. The normalized spacial score (nSPS) is 10.8. The second-order valence-electron chi connectivity index (χ2n) is 6.01. The summed E-state index contributed by atoms with van der Waals surface area (Å²) in [4.78, 5) is 35.4. The number of esters is 1. The Bertz CT molecular complexity index is 934. The van der Waals surface area contributed by atoms with Crippen molar-refractivity contribution in [2.75, 3.05) is 12.4 Å². The van der Waals surface area contributed by atoms with Crippen LogP contribution >= 0.6 is 0 Å². The van der Waals surface area contributed by atoms with E-state index in [2.05, 4.69) is 10.6 Å². The van der Waals surface area contributed by atoms with Gasteiger partial charge in [-0.2, -0.15) is 0 Å². The lowest BCUT2D eigenvalue weighted by Gasteiger charge is -2.12. The zero-order valence-corrected chi connectivity index (χ0v) is 16.2. The zero-order valence-electron chi connectivity index (χ0n) is 16.2. The lowest BCUT2D eigenvalue weighted by atomic mass is 10.1. The molecule has 0 aliphatic rings. The van der Waals surface area contributed by atoms with E-state index in [0.717, 1.165) is 5.56 Å². The second-order valence-corrected chi connectivity index (χ2v) is 6.01. The molecule has 0 spiro atoms. The minimum Gasteiger partial charge on any atom is -0.493 e. The molecule has 2 rings (SSSR count). The predicted molar refractivity (Wildman–Crippen MR) is 106 cm³/mol. The maximum atomic E-state index is 12.7. The van der Waals surface area contributed by atoms with Crippen LogP contribution in [0.25, 0.3) is 6.08 Å². The van der Waals surface area contributed by atoms with Gasteiger partial charge in [0.1, 0.15) is 5.70 Å². The molecule has 0 unspecified atom stereocenters. The Morgan fingerprint density at radius 2 is 1.71 bits per heavy atom. The Kier molecular flexibility index (Phi) is 6.92. The van der Waals surface area contributed by atoms with Gasteiger partial charge < -0.3 is 20.1 Å². The van der Waals surface area contributed by atoms with Crippen LogP contribution in [0.4, 0.5) is 5.69 Å². The van der Waals surface area contributed by atoms with Crippen molar-refractivity contribution in [3.63, 3.8) is 0 Å². The molecule has 0 bridgehead atoms. The summed E-state index contributed by atoms with van der Waals surface area (Å²) < 4.78 is 10.3. The van der Waals surface area contributed by atoms with E-state index in [4.69, 9.17) is 9.47 Å². The predicted octanol–water partition coefficient (Wildman–Crippen LogP) is 3.04. The number of para-hydroxylation sites is 1. The monoisotopic (exact) mass is 382 g/mol. The molecule has 2 amide bonds. The number of hydrogen-bond donors (Lipinski definition) is 2. The highest BCUT2D eigenvalue weighted by Crippen LogP contribution is 2.29. The lowest BCUT2D eigenvalue weighted by molar-refractivity contribution is -0.132. The highest BCUT2D eigenvalue weighted by atomic mass is 16.6. The summed E-state index contributed by atoms with van der Waals surface area (Å²) in [7, 11) is 1.44. The van der Waals surface area contributed by atoms with Crippen molar-refractivity contribution in [3.8, 4) is 11.5 Å². The maximum absolute atomic E-state index is 12.7. The number of carbonyl (C=O) groups is 3. The average Bonchev–Trinajstić information content (AvgIpc) is 2.63. The number of carbonyl (C=O) groups excluding carboxylic acids is 3. The molecular weight excluding hydrogens is 360 g/mol. The number of nitrogens with one attached hydrogen (secondary N) is 2. The van der Waals surface area contributed by atoms with Gasteiger partial charge >= 0.3 is 5.97 Å². The van der Waals surface area contributed by atoms with Crippen LogP contribution in [0.3, 0.4) is 0 Å². The number of aryl methyl sites for hydroxylation is 1. The molecule has 2 aromatic carbocycles. The summed E-state index contributed by atoms with van der Waals surface area (Å²) in [5.74, 6) is -0.733. The van der Waals surface area contributed by atoms with Gasteiger partial charge in [-0.15, -0.1) is 0 Å². The van der Waals surface area contributed by atoms with E-state index in [1.165, 1.54) is 27.0 Å². The van der Waals surface area contributed by atoms with E-state index in [0.29, 0.717) is 17.0 Å². The van der Waals surface area contributed by atoms with Gasteiger partial charge in [0.25, 0.3) is 5.91 Å². The van der Waals surface area contributed by atoms with Crippen LogP contribution in [0.5, 0.6) is 11.5 Å². The molecular formula is C21H22N2O5. The van der Waals surface area contributed by atoms with Gasteiger partial charge in [0.2, 0.25) is 5.91 Å². The molecule has 0 saturated heterocycles. The number of amides is 2. The SMILES string of the molecule is COc1cc(C=C(NC(C)=O)C(=O)Nc2ccccc2C)ccc1OC(C)=O. The molecule has 7 heteroatoms. The minimum atomic E-state index is -0.474. The first-order valence-corrected chi connectivity index (χ1v) is 8.53. The molecule has 28 heavy (non-hydrogen) atoms. The number of ether oxygens (including phenoxy) is 2. The quantitative estimate of drug-likeness (QED) is 0.455. The highest BCUT2D eigenvalue weighted by Gasteiger charge is 2.14. The molecule has 0 fully saturated rings. The van der Waals surface area contributed by atoms with Crippen molar-refractivity contribution in [2.45, 2.75) is 20.8 Å². The Labute approximate surface area is 163 Å². The van der Waals surface area contributed by atoms with Crippen LogP contribution < -0.4 is 20.1 Å². The summed E-state index contributed by atoms with van der Waals surface area (Å²) in [5.41, 5.74) is 2.19. The van der Waals surface area contributed by atoms with Gasteiger partial charge in [0, 0.05) is 19.5 Å². The Balaban J connectivity index is 2.35. The van der Waals surface area contributed by atoms with E-state index < -0.39 is 11.9 Å². The molecule has 7 nitrogen and oxygen atoms in total. The zero-order chi connectivity index (χ0) is 20.7. The second kappa shape index (κ2) is 9.36. The number of rotatable bonds is 6. The minimum absolute atomic E-state index is 0.0676. The lowest BCUT2D eigenvalue weighted by Crippen LogP contribution is -2.29. The van der Waals surface area contributed by atoms with Gasteiger partial charge in [-0.1, -0.05) is 24.3 Å². The fraction of sp³-hybridized carbons (Fsp3) is 0.190. The van der Waals surface area contributed by atoms with E-state index in [1.807, 2.05) is 25.1 Å². The Morgan fingerprint density at radius 3 is 2.32 bits per heavy atom. The number of hydrogen-bond acceptors (Lipinski definition) is 5. The summed E-state index contributed by atoms with van der Waals surface area (Å²) in [6.45, 7) is 4.48. The molecule has 146 valence electrons. The summed E-state index contributed by atoms with van der Waals surface area (Å²) in [5, 5.41) is 5.32. The van der Waals surface area contributed by atoms with Crippen molar-refractivity contribution in [3.05, 3.63) is 59.3 Å². The summed E-state index contributed by atoms with van der Waals surface area (Å²) in [6, 6.07) is 12.1. The van der Waals surface area contributed by atoms with Crippen LogP contribution in [0.15, 0.2) is 48.2 Å². The molecule has 2 N–H and O–H groups in total. The molecule has 0 saturated carbocycles. The third-order valence-electron chi connectivity index (χ3n) is 3.70. The summed E-state index contributed by atoms with van der Waals surface area (Å²) >= 11 is 0. The van der Waals surface area contributed by atoms with Gasteiger partial charge in [0.05, 0.1) is 7.11 Å². The number of benzene rings is 2. The van der Waals surface area contributed by atoms with Crippen LogP contribution in [0.1, 0.15) is 25.0 Å². The Hall–Kier alpha value is -3.61. The third-order valence-corrected chi connectivity index (χ3v) is 3.70. The van der Waals surface area contributed by atoms with Gasteiger partial charge in [-0.3, -0.25) is 14.4 Å². The smallest absolute Gasteiger partial charge is 0.308 e. The van der Waals surface area contributed by atoms with Crippen molar-refractivity contribution < 1.29 is 23.9 Å². The van der Waals surface area contributed by atoms with Crippen LogP contribution in [-0.2, 0) is 14.4 Å². The van der Waals surface area contributed by atoms with Gasteiger partial charge in [-0.05, 0) is 42.3 Å². The van der Waals surface area contributed by atoms with Crippen molar-refractivity contribution in [1.82, 2.24) is 5.32 Å². The topological polar surface area (TPSA) is 93.7 Å². The molecule has 0 aliphatic heterocycles. The van der Waals surface area contributed by atoms with E-state index in [-0.39, 0.29) is 17.4 Å². The highest BCUT2D eigenvalue weighted by molar-refractivity contribution is 6.08. The first kappa shape index (κ1) is 20.7. The standard InChI is InChI=1S/C21H22N2O5/c1-13-7-5-6-8-17(13)23-21(26)18(22-14(2)24)11-16-9-10-19(28-15(3)25)20(12-16)27-4/h5-12H,1-4H3,(H,22,24)(H,23,26). The number of anilines is 1. The summed E-state index contributed by atoms with van der Waals surface area (Å²) in [6.07, 6.45) is 1.51. The largest absolute Gasteiger partial charge is 0.493 e. The fourth-order valence-electron chi connectivity index (χ4n) is 2.43. The van der Waals surface area contributed by atoms with E-state index in [9.17, 15) is 14.4 Å². The molecule has 0 atom stereocenters. The van der Waals surface area contributed by atoms with Gasteiger partial charge in [-0.25, -0.2) is 0 Å². The average molecular weight is 382 g/mol. The molecule has 2 aromatic rings. The molecule has 0 aliphatic carbocycles. The van der Waals surface area contributed by atoms with Crippen LogP contribution in [0, 0.1) is 6.92 Å². The van der Waals surface area contributed by atoms with E-state index in [1.54, 1.807) is 24.3 Å². The first-order chi connectivity index (χ1) is 13.3. The Morgan fingerprint density at radius 1 is 1.00 bits per heavy atom. The fourth-order valence-corrected chi connectivity index (χ4v) is 2.43. The van der Waals surface area contributed by atoms with Crippen LogP contribution in [0.2, 0.25) is 0 Å². The first-order valence-electron chi connectivity index (χ1n) is 8.53. The van der Waals surface area contributed by atoms with Crippen molar-refractivity contribution >= 4 is 29.5 Å². The molecule has 0 aromatic heterocycles. The van der Waals surface area contributed by atoms with Crippen LogP contribution in [-0.4, -0.2) is 24.9 Å². The van der Waals surface area contributed by atoms with Gasteiger partial charge in [0.15, 0.2) is 11.5 Å². The number of methoxy groups -OCH3 is 1. The van der Waals surface area contributed by atoms with E-state index >= 15 is 0 Å². The maximum Gasteiger partial charge on any atom is 0.308 e. The molecule has 0 heterocycles. The third kappa shape index (κ3) is 5.70. The van der Waals surface area contributed by atoms with Crippen molar-refractivity contribution in [2.24, 2.45) is 0 Å².